The topological polar surface area (TPSA) is 55.4 Å². The van der Waals surface area contributed by atoms with Gasteiger partial charge < -0.3 is 10.1 Å². The number of nitrogens with one attached hydrogen (secondary N) is 1. The van der Waals surface area contributed by atoms with Gasteiger partial charge in [-0.05, 0) is 49.1 Å². The highest BCUT2D eigenvalue weighted by atomic mass is 32.1. The van der Waals surface area contributed by atoms with E-state index in [-0.39, 0.29) is 11.9 Å². The summed E-state index contributed by atoms with van der Waals surface area (Å²) in [6.45, 7) is 5.89. The predicted octanol–water partition coefficient (Wildman–Crippen LogP) is 3.64. The molecule has 0 saturated heterocycles. The Balaban J connectivity index is 2.06. The summed E-state index contributed by atoms with van der Waals surface area (Å²) >= 11 is 1.23. The van der Waals surface area contributed by atoms with Crippen LogP contribution in [0.2, 0.25) is 0 Å². The highest BCUT2D eigenvalue weighted by molar-refractivity contribution is 7.18. The Morgan fingerprint density at radius 3 is 2.45 bits per heavy atom. The fourth-order valence-corrected chi connectivity index (χ4v) is 3.13. The van der Waals surface area contributed by atoms with Crippen LogP contribution in [0.1, 0.15) is 31.9 Å². The zero-order valence-corrected chi connectivity index (χ0v) is 14.0. The number of thiophene rings is 1. The van der Waals surface area contributed by atoms with E-state index in [1.54, 1.807) is 6.07 Å². The maximum atomic E-state index is 12.1. The summed E-state index contributed by atoms with van der Waals surface area (Å²) in [4.78, 5) is 24.2. The average molecular weight is 317 g/mol. The van der Waals surface area contributed by atoms with E-state index in [1.165, 1.54) is 29.6 Å². The Labute approximate surface area is 134 Å². The molecular weight excluding hydrogens is 298 g/mol. The number of carbonyl (C=O) groups is 2. The van der Waals surface area contributed by atoms with Gasteiger partial charge >= 0.3 is 5.97 Å². The number of amides is 1. The summed E-state index contributed by atoms with van der Waals surface area (Å²) in [6, 6.07) is 7.79. The molecule has 2 rings (SSSR count). The number of carbonyl (C=O) groups excluding carboxylic acids is 2. The summed E-state index contributed by atoms with van der Waals surface area (Å²) in [6.07, 6.45) is 0.311. The molecular formula is C17H19NO3S. The van der Waals surface area contributed by atoms with E-state index >= 15 is 0 Å². The molecule has 0 radical (unpaired) electrons. The van der Waals surface area contributed by atoms with Crippen molar-refractivity contribution in [3.05, 3.63) is 51.4 Å². The number of benzene rings is 1. The third kappa shape index (κ3) is 3.74. The average Bonchev–Trinajstić information content (AvgIpc) is 2.82. The van der Waals surface area contributed by atoms with Crippen LogP contribution in [0.15, 0.2) is 24.3 Å². The first kappa shape index (κ1) is 16.2. The molecule has 0 aliphatic rings. The van der Waals surface area contributed by atoms with Gasteiger partial charge in [0.05, 0.1) is 18.5 Å². The molecule has 1 aromatic carbocycles. The smallest absolute Gasteiger partial charge is 0.348 e. The van der Waals surface area contributed by atoms with Crippen molar-refractivity contribution in [3.8, 4) is 0 Å². The van der Waals surface area contributed by atoms with E-state index < -0.39 is 0 Å². The lowest BCUT2D eigenvalue weighted by atomic mass is 10.0. The minimum Gasteiger partial charge on any atom is -0.465 e. The van der Waals surface area contributed by atoms with Gasteiger partial charge in [0.15, 0.2) is 0 Å². The molecule has 0 atom stereocenters. The second kappa shape index (κ2) is 6.75. The van der Waals surface area contributed by atoms with Crippen LogP contribution in [0.3, 0.4) is 0 Å². The first-order valence-corrected chi connectivity index (χ1v) is 7.77. The summed E-state index contributed by atoms with van der Waals surface area (Å²) < 4.78 is 4.71. The Hall–Kier alpha value is -2.14. The molecule has 0 aliphatic carbocycles. The molecule has 1 heterocycles. The summed E-state index contributed by atoms with van der Waals surface area (Å²) in [5.41, 5.74) is 4.16. The van der Waals surface area contributed by atoms with Crippen LogP contribution in [0, 0.1) is 20.8 Å². The molecule has 1 amide bonds. The van der Waals surface area contributed by atoms with E-state index in [0.717, 1.165) is 11.1 Å². The molecule has 22 heavy (non-hydrogen) atoms. The molecule has 116 valence electrons. The minimum absolute atomic E-state index is 0.0964. The molecule has 0 spiro atoms. The molecule has 0 bridgehead atoms. The van der Waals surface area contributed by atoms with Crippen molar-refractivity contribution in [1.82, 2.24) is 0 Å². The first-order valence-electron chi connectivity index (χ1n) is 6.95. The lowest BCUT2D eigenvalue weighted by molar-refractivity contribution is -0.115. The van der Waals surface area contributed by atoms with Crippen molar-refractivity contribution in [1.29, 1.82) is 0 Å². The predicted molar refractivity (Wildman–Crippen MR) is 88.6 cm³/mol. The van der Waals surface area contributed by atoms with Crippen molar-refractivity contribution < 1.29 is 14.3 Å². The first-order chi connectivity index (χ1) is 10.4. The van der Waals surface area contributed by atoms with Crippen molar-refractivity contribution in [2.45, 2.75) is 27.2 Å². The molecule has 0 unspecified atom stereocenters. The van der Waals surface area contributed by atoms with Gasteiger partial charge in [0.2, 0.25) is 5.91 Å². The number of hydrogen-bond acceptors (Lipinski definition) is 4. The zero-order valence-electron chi connectivity index (χ0n) is 13.1. The minimum atomic E-state index is -0.378. The van der Waals surface area contributed by atoms with E-state index in [9.17, 15) is 9.59 Å². The molecule has 1 N–H and O–H groups in total. The quantitative estimate of drug-likeness (QED) is 0.876. The Kier molecular flexibility index (Phi) is 4.98. The van der Waals surface area contributed by atoms with E-state index in [1.807, 2.05) is 39.0 Å². The van der Waals surface area contributed by atoms with Crippen molar-refractivity contribution in [2.24, 2.45) is 0 Å². The second-order valence-corrected chi connectivity index (χ2v) is 6.31. The van der Waals surface area contributed by atoms with Gasteiger partial charge in [-0.15, -0.1) is 11.3 Å². The maximum absolute atomic E-state index is 12.1. The zero-order chi connectivity index (χ0) is 16.3. The van der Waals surface area contributed by atoms with E-state index in [0.29, 0.717) is 16.3 Å². The van der Waals surface area contributed by atoms with Crippen molar-refractivity contribution in [3.63, 3.8) is 0 Å². The van der Waals surface area contributed by atoms with E-state index in [2.05, 4.69) is 5.32 Å². The molecule has 5 heteroatoms. The largest absolute Gasteiger partial charge is 0.465 e. The van der Waals surface area contributed by atoms with Gasteiger partial charge in [-0.25, -0.2) is 4.79 Å². The van der Waals surface area contributed by atoms with Crippen LogP contribution in [-0.4, -0.2) is 19.0 Å². The fourth-order valence-electron chi connectivity index (χ4n) is 2.12. The van der Waals surface area contributed by atoms with E-state index in [4.69, 9.17) is 4.74 Å². The standard InChI is InChI=1S/C17H19NO3S/c1-10-5-6-13(7-11(10)2)9-14(19)18-15-8-12(3)16(22-15)17(20)21-4/h5-8H,9H2,1-4H3,(H,18,19). The van der Waals surface area contributed by atoms with Crippen LogP contribution in [0.5, 0.6) is 0 Å². The number of hydrogen-bond donors (Lipinski definition) is 1. The third-order valence-electron chi connectivity index (χ3n) is 3.49. The van der Waals surface area contributed by atoms with Gasteiger partial charge in [-0.2, -0.15) is 0 Å². The number of ether oxygens (including phenoxy) is 1. The lowest BCUT2D eigenvalue weighted by Crippen LogP contribution is -2.13. The summed E-state index contributed by atoms with van der Waals surface area (Å²) in [7, 11) is 1.35. The Bertz CT molecular complexity index is 719. The lowest BCUT2D eigenvalue weighted by Gasteiger charge is -2.05. The normalized spacial score (nSPS) is 10.4. The van der Waals surface area contributed by atoms with Crippen molar-refractivity contribution >= 4 is 28.2 Å². The monoisotopic (exact) mass is 317 g/mol. The number of esters is 1. The molecule has 4 nitrogen and oxygen atoms in total. The highest BCUT2D eigenvalue weighted by Crippen LogP contribution is 2.27. The number of methoxy groups -OCH3 is 1. The summed E-state index contributed by atoms with van der Waals surface area (Å²) in [5, 5.41) is 3.50. The molecule has 0 aliphatic heterocycles. The van der Waals surface area contributed by atoms with Crippen molar-refractivity contribution in [2.75, 3.05) is 12.4 Å². The second-order valence-electron chi connectivity index (χ2n) is 5.26. The Morgan fingerprint density at radius 2 is 1.82 bits per heavy atom. The summed E-state index contributed by atoms with van der Waals surface area (Å²) in [5.74, 6) is -0.474. The van der Waals surface area contributed by atoms with Crippen LogP contribution in [0.4, 0.5) is 5.00 Å². The molecule has 2 aromatic rings. The number of rotatable bonds is 4. The fraction of sp³-hybridized carbons (Fsp3) is 0.294. The van der Waals surface area contributed by atoms with Gasteiger partial charge in [0.1, 0.15) is 4.88 Å². The van der Waals surface area contributed by atoms with Gasteiger partial charge in [-0.3, -0.25) is 4.79 Å². The molecule has 0 fully saturated rings. The molecule has 1 aromatic heterocycles. The van der Waals surface area contributed by atoms with Crippen LogP contribution in [0.25, 0.3) is 0 Å². The molecule has 0 saturated carbocycles. The van der Waals surface area contributed by atoms with Gasteiger partial charge in [0.25, 0.3) is 0 Å². The SMILES string of the molecule is COC(=O)c1sc(NC(=O)Cc2ccc(C)c(C)c2)cc1C. The van der Waals surface area contributed by atoms with Gasteiger partial charge in [-0.1, -0.05) is 18.2 Å². The van der Waals surface area contributed by atoms with Crippen LogP contribution in [-0.2, 0) is 16.0 Å². The highest BCUT2D eigenvalue weighted by Gasteiger charge is 2.15. The number of aryl methyl sites for hydroxylation is 3. The Morgan fingerprint density at radius 1 is 1.09 bits per heavy atom. The van der Waals surface area contributed by atoms with Gasteiger partial charge in [0, 0.05) is 0 Å². The van der Waals surface area contributed by atoms with Crippen LogP contribution < -0.4 is 5.32 Å². The van der Waals surface area contributed by atoms with Crippen LogP contribution >= 0.6 is 11.3 Å². The maximum Gasteiger partial charge on any atom is 0.348 e. The number of anilines is 1. The third-order valence-corrected chi connectivity index (χ3v) is 4.62.